The molecule has 0 saturated carbocycles. The molecule has 0 saturated heterocycles. The third kappa shape index (κ3) is 2.57. The van der Waals surface area contributed by atoms with Gasteiger partial charge in [0.1, 0.15) is 5.75 Å². The van der Waals surface area contributed by atoms with Gasteiger partial charge in [-0.1, -0.05) is 30.3 Å². The molecule has 20 heavy (non-hydrogen) atoms. The van der Waals surface area contributed by atoms with Gasteiger partial charge in [0.15, 0.2) is 0 Å². The lowest BCUT2D eigenvalue weighted by Crippen LogP contribution is -2.11. The Hall–Kier alpha value is -2.55. The molecule has 1 aromatic heterocycles. The van der Waals surface area contributed by atoms with Crippen LogP contribution in [-0.2, 0) is 11.2 Å². The lowest BCUT2D eigenvalue weighted by Gasteiger charge is -2.04. The molecular weight excluding hydrogens is 250 g/mol. The average Bonchev–Trinajstić information content (AvgIpc) is 2.82. The summed E-state index contributed by atoms with van der Waals surface area (Å²) in [5.74, 6) is 0.343. The quantitative estimate of drug-likeness (QED) is 0.580. The van der Waals surface area contributed by atoms with Crippen LogP contribution in [0.3, 0.4) is 0 Å². The number of hydrogen-bond donors (Lipinski definition) is 1. The lowest BCUT2D eigenvalue weighted by molar-refractivity contribution is -0.133. The van der Waals surface area contributed by atoms with Gasteiger partial charge in [0.2, 0.25) is 0 Å². The summed E-state index contributed by atoms with van der Waals surface area (Å²) in [6, 6.07) is 15.4. The van der Waals surface area contributed by atoms with Gasteiger partial charge in [-0.25, -0.2) is 0 Å². The molecule has 0 aliphatic carbocycles. The van der Waals surface area contributed by atoms with Gasteiger partial charge in [0.05, 0.1) is 6.42 Å². The van der Waals surface area contributed by atoms with Gasteiger partial charge in [0.25, 0.3) is 0 Å². The normalized spacial score (nSPS) is 10.7. The standard InChI is InChI=1S/C17H15NO2/c1-12-5-4-6-14(9-12)20-17(19)10-13-11-18-16-8-3-2-7-15(13)16/h2-9,11,18H,10H2,1H3. The van der Waals surface area contributed by atoms with Crippen LogP contribution in [0.2, 0.25) is 0 Å². The molecule has 100 valence electrons. The molecule has 3 rings (SSSR count). The van der Waals surface area contributed by atoms with Crippen molar-refractivity contribution in [1.29, 1.82) is 0 Å². The molecule has 3 aromatic rings. The van der Waals surface area contributed by atoms with Crippen LogP contribution in [0.1, 0.15) is 11.1 Å². The van der Waals surface area contributed by atoms with E-state index in [1.165, 1.54) is 0 Å². The zero-order chi connectivity index (χ0) is 13.9. The molecular formula is C17H15NO2. The second-order valence-corrected chi connectivity index (χ2v) is 4.83. The summed E-state index contributed by atoms with van der Waals surface area (Å²) in [6.45, 7) is 1.97. The molecule has 1 N–H and O–H groups in total. The smallest absolute Gasteiger partial charge is 0.315 e. The summed E-state index contributed by atoms with van der Waals surface area (Å²) in [7, 11) is 0. The highest BCUT2D eigenvalue weighted by Crippen LogP contribution is 2.19. The van der Waals surface area contributed by atoms with E-state index in [-0.39, 0.29) is 12.4 Å². The largest absolute Gasteiger partial charge is 0.426 e. The minimum atomic E-state index is -0.250. The summed E-state index contributed by atoms with van der Waals surface area (Å²) >= 11 is 0. The molecule has 3 nitrogen and oxygen atoms in total. The maximum atomic E-state index is 12.0. The zero-order valence-electron chi connectivity index (χ0n) is 11.2. The average molecular weight is 265 g/mol. The number of esters is 1. The Labute approximate surface area is 117 Å². The van der Waals surface area contributed by atoms with Crippen LogP contribution in [0.15, 0.2) is 54.7 Å². The number of aryl methyl sites for hydroxylation is 1. The number of fused-ring (bicyclic) bond motifs is 1. The highest BCUT2D eigenvalue weighted by Gasteiger charge is 2.10. The van der Waals surface area contributed by atoms with Crippen molar-refractivity contribution in [3.63, 3.8) is 0 Å². The predicted octanol–water partition coefficient (Wildman–Crippen LogP) is 3.62. The first kappa shape index (κ1) is 12.5. The van der Waals surface area contributed by atoms with Crippen LogP contribution >= 0.6 is 0 Å². The van der Waals surface area contributed by atoms with Gasteiger partial charge in [-0.15, -0.1) is 0 Å². The molecule has 0 fully saturated rings. The van der Waals surface area contributed by atoms with E-state index >= 15 is 0 Å². The number of benzene rings is 2. The van der Waals surface area contributed by atoms with Gasteiger partial charge in [0, 0.05) is 17.1 Å². The number of nitrogens with one attached hydrogen (secondary N) is 1. The van der Waals surface area contributed by atoms with Crippen molar-refractivity contribution >= 4 is 16.9 Å². The fourth-order valence-electron chi connectivity index (χ4n) is 2.28. The van der Waals surface area contributed by atoms with Crippen molar-refractivity contribution < 1.29 is 9.53 Å². The molecule has 0 atom stereocenters. The molecule has 0 amide bonds. The number of ether oxygens (including phenoxy) is 1. The minimum absolute atomic E-state index is 0.250. The van der Waals surface area contributed by atoms with Crippen LogP contribution in [0.5, 0.6) is 5.75 Å². The van der Waals surface area contributed by atoms with Crippen molar-refractivity contribution in [2.24, 2.45) is 0 Å². The first-order chi connectivity index (χ1) is 9.72. The van der Waals surface area contributed by atoms with Crippen LogP contribution in [-0.4, -0.2) is 11.0 Å². The van der Waals surface area contributed by atoms with E-state index in [1.807, 2.05) is 55.6 Å². The van der Waals surface area contributed by atoms with E-state index in [2.05, 4.69) is 4.98 Å². The van der Waals surface area contributed by atoms with Crippen molar-refractivity contribution in [3.05, 3.63) is 65.9 Å². The lowest BCUT2D eigenvalue weighted by atomic mass is 10.1. The second kappa shape index (κ2) is 5.21. The first-order valence-corrected chi connectivity index (χ1v) is 6.55. The molecule has 0 radical (unpaired) electrons. The monoisotopic (exact) mass is 265 g/mol. The van der Waals surface area contributed by atoms with Gasteiger partial charge < -0.3 is 9.72 Å². The van der Waals surface area contributed by atoms with Gasteiger partial charge in [-0.05, 0) is 36.2 Å². The second-order valence-electron chi connectivity index (χ2n) is 4.83. The van der Waals surface area contributed by atoms with E-state index < -0.39 is 0 Å². The molecule has 0 spiro atoms. The van der Waals surface area contributed by atoms with E-state index in [9.17, 15) is 4.79 Å². The number of carbonyl (C=O) groups is 1. The van der Waals surface area contributed by atoms with Crippen LogP contribution in [0.4, 0.5) is 0 Å². The summed E-state index contributed by atoms with van der Waals surface area (Å²) in [6.07, 6.45) is 2.13. The van der Waals surface area contributed by atoms with E-state index in [1.54, 1.807) is 6.07 Å². The minimum Gasteiger partial charge on any atom is -0.426 e. The Morgan fingerprint density at radius 2 is 2.00 bits per heavy atom. The Morgan fingerprint density at radius 1 is 1.15 bits per heavy atom. The summed E-state index contributed by atoms with van der Waals surface area (Å²) < 4.78 is 5.36. The fraction of sp³-hybridized carbons (Fsp3) is 0.118. The number of aromatic amines is 1. The third-order valence-corrected chi connectivity index (χ3v) is 3.23. The Kier molecular flexibility index (Phi) is 3.25. The highest BCUT2D eigenvalue weighted by molar-refractivity contribution is 5.87. The van der Waals surface area contributed by atoms with Crippen LogP contribution in [0.25, 0.3) is 10.9 Å². The molecule has 2 aromatic carbocycles. The number of carbonyl (C=O) groups excluding carboxylic acids is 1. The van der Waals surface area contributed by atoms with Gasteiger partial charge in [-0.3, -0.25) is 4.79 Å². The molecule has 0 unspecified atom stereocenters. The maximum absolute atomic E-state index is 12.0. The van der Waals surface area contributed by atoms with E-state index in [0.717, 1.165) is 22.0 Å². The molecule has 1 heterocycles. The first-order valence-electron chi connectivity index (χ1n) is 6.55. The molecule has 0 aliphatic heterocycles. The number of rotatable bonds is 3. The van der Waals surface area contributed by atoms with Crippen molar-refractivity contribution in [2.75, 3.05) is 0 Å². The Morgan fingerprint density at radius 3 is 2.85 bits per heavy atom. The van der Waals surface area contributed by atoms with Crippen molar-refractivity contribution in [3.8, 4) is 5.75 Å². The maximum Gasteiger partial charge on any atom is 0.315 e. The number of H-pyrrole nitrogens is 1. The Balaban J connectivity index is 1.76. The van der Waals surface area contributed by atoms with Crippen LogP contribution < -0.4 is 4.74 Å². The highest BCUT2D eigenvalue weighted by atomic mass is 16.5. The predicted molar refractivity (Wildman–Crippen MR) is 78.8 cm³/mol. The summed E-state index contributed by atoms with van der Waals surface area (Å²) in [5.41, 5.74) is 3.06. The SMILES string of the molecule is Cc1cccc(OC(=O)Cc2c[nH]c3ccccc23)c1. The molecule has 0 bridgehead atoms. The van der Waals surface area contributed by atoms with E-state index in [0.29, 0.717) is 5.75 Å². The zero-order valence-corrected chi connectivity index (χ0v) is 11.2. The van der Waals surface area contributed by atoms with Crippen molar-refractivity contribution in [1.82, 2.24) is 4.98 Å². The van der Waals surface area contributed by atoms with Gasteiger partial charge >= 0.3 is 5.97 Å². The number of aromatic nitrogens is 1. The van der Waals surface area contributed by atoms with Crippen molar-refractivity contribution in [2.45, 2.75) is 13.3 Å². The third-order valence-electron chi connectivity index (χ3n) is 3.23. The molecule has 0 aliphatic rings. The van der Waals surface area contributed by atoms with E-state index in [4.69, 9.17) is 4.74 Å². The summed E-state index contributed by atoms with van der Waals surface area (Å²) in [4.78, 5) is 15.2. The fourth-order valence-corrected chi connectivity index (χ4v) is 2.28. The van der Waals surface area contributed by atoms with Crippen LogP contribution in [0, 0.1) is 6.92 Å². The Bertz CT molecular complexity index is 758. The number of para-hydroxylation sites is 1. The molecule has 3 heteroatoms. The summed E-state index contributed by atoms with van der Waals surface area (Å²) in [5, 5.41) is 1.06. The topological polar surface area (TPSA) is 42.1 Å². The number of hydrogen-bond acceptors (Lipinski definition) is 2. The van der Waals surface area contributed by atoms with Gasteiger partial charge in [-0.2, -0.15) is 0 Å².